The minimum Gasteiger partial charge on any atom is -0.393 e. The van der Waals surface area contributed by atoms with Gasteiger partial charge in [-0.3, -0.25) is 9.69 Å². The van der Waals surface area contributed by atoms with Crippen LogP contribution in [-0.2, 0) is 4.79 Å². The largest absolute Gasteiger partial charge is 0.393 e. The average molecular weight is 312 g/mol. The van der Waals surface area contributed by atoms with Gasteiger partial charge in [0.05, 0.1) is 17.8 Å². The zero-order valence-electron chi connectivity index (χ0n) is 12.4. The lowest BCUT2D eigenvalue weighted by molar-refractivity contribution is -0.120. The van der Waals surface area contributed by atoms with E-state index in [-0.39, 0.29) is 29.1 Å². The topological polar surface area (TPSA) is 65.5 Å². The number of amides is 1. The number of pyridine rings is 1. The van der Waals surface area contributed by atoms with Gasteiger partial charge < -0.3 is 10.4 Å². The Balaban J connectivity index is 1.91. The molecule has 21 heavy (non-hydrogen) atoms. The van der Waals surface area contributed by atoms with E-state index < -0.39 is 0 Å². The molecule has 0 radical (unpaired) electrons. The molecule has 0 bridgehead atoms. The van der Waals surface area contributed by atoms with E-state index in [1.54, 1.807) is 18.3 Å². The molecule has 0 saturated heterocycles. The number of anilines is 1. The van der Waals surface area contributed by atoms with Gasteiger partial charge in [-0.15, -0.1) is 0 Å². The number of likely N-dealkylation sites (N-methyl/N-ethyl adjacent to an activating group) is 1. The summed E-state index contributed by atoms with van der Waals surface area (Å²) in [5.41, 5.74) is 0.519. The number of halogens is 1. The van der Waals surface area contributed by atoms with Crippen molar-refractivity contribution in [3.63, 3.8) is 0 Å². The second kappa shape index (κ2) is 7.20. The molecular weight excluding hydrogens is 290 g/mol. The van der Waals surface area contributed by atoms with Crippen LogP contribution >= 0.6 is 11.6 Å². The Morgan fingerprint density at radius 3 is 3.00 bits per heavy atom. The Morgan fingerprint density at radius 2 is 2.38 bits per heavy atom. The number of carbonyl (C=O) groups excluding carboxylic acids is 1. The van der Waals surface area contributed by atoms with Gasteiger partial charge in [-0.1, -0.05) is 18.0 Å². The maximum atomic E-state index is 12.3. The van der Waals surface area contributed by atoms with Crippen LogP contribution in [0.1, 0.15) is 26.2 Å². The number of aliphatic hydroxyl groups excluding tert-OH is 1. The smallest absolute Gasteiger partial charge is 0.241 e. The van der Waals surface area contributed by atoms with Gasteiger partial charge in [-0.2, -0.15) is 0 Å². The van der Waals surface area contributed by atoms with E-state index >= 15 is 0 Å². The molecule has 0 aromatic carbocycles. The summed E-state index contributed by atoms with van der Waals surface area (Å²) in [6, 6.07) is 3.15. The molecule has 1 amide bonds. The van der Waals surface area contributed by atoms with E-state index in [9.17, 15) is 9.90 Å². The van der Waals surface area contributed by atoms with Gasteiger partial charge in [0.15, 0.2) is 5.15 Å². The van der Waals surface area contributed by atoms with Crippen LogP contribution in [0, 0.1) is 5.92 Å². The first-order valence-electron chi connectivity index (χ1n) is 7.28. The fourth-order valence-corrected chi connectivity index (χ4v) is 2.84. The highest BCUT2D eigenvalue weighted by atomic mass is 35.5. The zero-order chi connectivity index (χ0) is 15.4. The highest BCUT2D eigenvalue weighted by molar-refractivity contribution is 6.32. The fourth-order valence-electron chi connectivity index (χ4n) is 2.67. The van der Waals surface area contributed by atoms with E-state index in [0.717, 1.165) is 25.8 Å². The third-order valence-electron chi connectivity index (χ3n) is 4.20. The van der Waals surface area contributed by atoms with Gasteiger partial charge >= 0.3 is 0 Å². The highest BCUT2D eigenvalue weighted by Crippen LogP contribution is 2.26. The van der Waals surface area contributed by atoms with Crippen LogP contribution in [0.2, 0.25) is 5.15 Å². The second-order valence-electron chi connectivity index (χ2n) is 5.70. The molecule has 1 fully saturated rings. The normalized spacial score (nSPS) is 23.3. The van der Waals surface area contributed by atoms with Gasteiger partial charge in [0.2, 0.25) is 5.91 Å². The number of rotatable bonds is 5. The highest BCUT2D eigenvalue weighted by Gasteiger charge is 2.29. The molecule has 1 aromatic heterocycles. The van der Waals surface area contributed by atoms with Crippen LogP contribution in [0.5, 0.6) is 0 Å². The van der Waals surface area contributed by atoms with Crippen molar-refractivity contribution in [2.75, 3.05) is 18.9 Å². The number of aromatic nitrogens is 1. The summed E-state index contributed by atoms with van der Waals surface area (Å²) < 4.78 is 0. The third kappa shape index (κ3) is 4.15. The Hall–Kier alpha value is -1.17. The molecule has 2 N–H and O–H groups in total. The lowest BCUT2D eigenvalue weighted by Gasteiger charge is -2.27. The summed E-state index contributed by atoms with van der Waals surface area (Å²) in [7, 11) is 1.90. The number of nitrogens with one attached hydrogen (secondary N) is 1. The van der Waals surface area contributed by atoms with Gasteiger partial charge in [0.1, 0.15) is 0 Å². The second-order valence-corrected chi connectivity index (χ2v) is 6.06. The summed E-state index contributed by atoms with van der Waals surface area (Å²) >= 11 is 5.94. The van der Waals surface area contributed by atoms with Gasteiger partial charge in [-0.25, -0.2) is 4.98 Å². The molecule has 116 valence electrons. The van der Waals surface area contributed by atoms with Crippen LogP contribution in [0.25, 0.3) is 0 Å². The van der Waals surface area contributed by atoms with E-state index in [2.05, 4.69) is 10.3 Å². The lowest BCUT2D eigenvalue weighted by atomic mass is 10.0. The molecule has 1 heterocycles. The predicted molar refractivity (Wildman–Crippen MR) is 83.3 cm³/mol. The zero-order valence-corrected chi connectivity index (χ0v) is 13.2. The first-order chi connectivity index (χ1) is 9.99. The maximum Gasteiger partial charge on any atom is 0.241 e. The van der Waals surface area contributed by atoms with Crippen molar-refractivity contribution in [2.45, 2.75) is 38.3 Å². The number of hydrogen-bond donors (Lipinski definition) is 2. The molecule has 6 heteroatoms. The summed E-state index contributed by atoms with van der Waals surface area (Å²) in [6.45, 7) is 2.57. The minimum absolute atomic E-state index is 0.125. The minimum atomic E-state index is -0.297. The molecule has 3 unspecified atom stereocenters. The Bertz CT molecular complexity index is 498. The van der Waals surface area contributed by atoms with Crippen molar-refractivity contribution in [1.82, 2.24) is 9.88 Å². The van der Waals surface area contributed by atoms with Crippen molar-refractivity contribution in [3.8, 4) is 0 Å². The first-order valence-corrected chi connectivity index (χ1v) is 7.66. The molecule has 0 aliphatic heterocycles. The number of hydrogen-bond acceptors (Lipinski definition) is 4. The van der Waals surface area contributed by atoms with Crippen LogP contribution in [0.3, 0.4) is 0 Å². The molecule has 3 atom stereocenters. The van der Waals surface area contributed by atoms with Crippen LogP contribution < -0.4 is 5.32 Å². The molecular formula is C15H22ClN3O2. The Kier molecular flexibility index (Phi) is 5.56. The van der Waals surface area contributed by atoms with Gasteiger partial charge in [0, 0.05) is 12.7 Å². The molecule has 1 aliphatic rings. The van der Waals surface area contributed by atoms with Crippen molar-refractivity contribution in [1.29, 1.82) is 0 Å². The Labute approximate surface area is 130 Å². The van der Waals surface area contributed by atoms with E-state index in [4.69, 9.17) is 11.6 Å². The average Bonchev–Trinajstić information content (AvgIpc) is 2.86. The number of nitrogens with zero attached hydrogens (tertiary/aromatic N) is 2. The summed E-state index contributed by atoms with van der Waals surface area (Å²) in [4.78, 5) is 18.2. The van der Waals surface area contributed by atoms with E-state index in [1.165, 1.54) is 0 Å². The SMILES string of the molecule is CC(C(=O)Nc1cccnc1Cl)N(C)CC1CCCC1O. The quantitative estimate of drug-likeness (QED) is 0.818. The van der Waals surface area contributed by atoms with E-state index in [1.807, 2.05) is 18.9 Å². The van der Waals surface area contributed by atoms with Crippen LogP contribution in [0.4, 0.5) is 5.69 Å². The molecule has 5 nitrogen and oxygen atoms in total. The fraction of sp³-hybridized carbons (Fsp3) is 0.600. The Morgan fingerprint density at radius 1 is 1.62 bits per heavy atom. The molecule has 1 saturated carbocycles. The van der Waals surface area contributed by atoms with Crippen molar-refractivity contribution in [3.05, 3.63) is 23.5 Å². The van der Waals surface area contributed by atoms with Crippen molar-refractivity contribution < 1.29 is 9.90 Å². The summed E-state index contributed by atoms with van der Waals surface area (Å²) in [6.07, 6.45) is 4.29. The van der Waals surface area contributed by atoms with Gasteiger partial charge in [-0.05, 0) is 44.9 Å². The standard InChI is InChI=1S/C15H22ClN3O2/c1-10(19(2)9-11-5-3-7-13(11)20)15(21)18-12-6-4-8-17-14(12)16/h4,6,8,10-11,13,20H,3,5,7,9H2,1-2H3,(H,18,21). The molecule has 1 aromatic rings. The summed E-state index contributed by atoms with van der Waals surface area (Å²) in [5.74, 6) is 0.132. The maximum absolute atomic E-state index is 12.3. The van der Waals surface area contributed by atoms with Crippen molar-refractivity contribution in [2.24, 2.45) is 5.92 Å². The molecule has 0 spiro atoms. The first kappa shape index (κ1) is 16.2. The van der Waals surface area contributed by atoms with Crippen LogP contribution in [-0.4, -0.2) is 46.6 Å². The monoisotopic (exact) mass is 311 g/mol. The molecule has 1 aliphatic carbocycles. The van der Waals surface area contributed by atoms with Crippen LogP contribution in [0.15, 0.2) is 18.3 Å². The number of aliphatic hydroxyl groups is 1. The number of carbonyl (C=O) groups is 1. The predicted octanol–water partition coefficient (Wildman–Crippen LogP) is 2.15. The van der Waals surface area contributed by atoms with Gasteiger partial charge in [0.25, 0.3) is 0 Å². The van der Waals surface area contributed by atoms with Crippen molar-refractivity contribution >= 4 is 23.2 Å². The van der Waals surface area contributed by atoms with E-state index in [0.29, 0.717) is 5.69 Å². The molecule has 2 rings (SSSR count). The summed E-state index contributed by atoms with van der Waals surface area (Å²) in [5, 5.41) is 13.0. The third-order valence-corrected chi connectivity index (χ3v) is 4.50. The lowest BCUT2D eigenvalue weighted by Crippen LogP contribution is -2.43.